The van der Waals surface area contributed by atoms with E-state index in [1.807, 2.05) is 25.9 Å². The minimum atomic E-state index is -3.62. The van der Waals surface area contributed by atoms with E-state index in [2.05, 4.69) is 31.9 Å². The Labute approximate surface area is 143 Å². The van der Waals surface area contributed by atoms with Crippen LogP contribution in [-0.4, -0.2) is 51.4 Å². The van der Waals surface area contributed by atoms with Gasteiger partial charge in [0.2, 0.25) is 10.0 Å². The predicted molar refractivity (Wildman–Crippen MR) is 93.9 cm³/mol. The Balaban J connectivity index is 3.23. The minimum absolute atomic E-state index is 0.137. The molecule has 0 bridgehead atoms. The first kappa shape index (κ1) is 18.9. The molecule has 0 amide bonds. The number of nitrogens with two attached hydrogens (primary N) is 1. The average molecular weight is 443 g/mol. The molecule has 8 heteroatoms. The standard InChI is InChI=1S/C13H21Br2N3O2S/c1-4-5-18(7-6-17(2)3)21(19,20)13-11(15)8-10(14)9-12(13)16/h8-9H,4-7,16H2,1-3H3. The molecule has 0 unspecified atom stereocenters. The van der Waals surface area contributed by atoms with Crippen molar-refractivity contribution in [3.63, 3.8) is 0 Å². The third kappa shape index (κ3) is 4.92. The van der Waals surface area contributed by atoms with E-state index in [1.54, 1.807) is 12.1 Å². The van der Waals surface area contributed by atoms with E-state index in [9.17, 15) is 8.42 Å². The summed E-state index contributed by atoms with van der Waals surface area (Å²) in [5.74, 6) is 0. The highest BCUT2D eigenvalue weighted by molar-refractivity contribution is 9.11. The third-order valence-electron chi connectivity index (χ3n) is 2.90. The Morgan fingerprint density at radius 1 is 1.14 bits per heavy atom. The fraction of sp³-hybridized carbons (Fsp3) is 0.538. The van der Waals surface area contributed by atoms with Crippen molar-refractivity contribution in [2.75, 3.05) is 39.5 Å². The molecule has 0 spiro atoms. The van der Waals surface area contributed by atoms with Crippen molar-refractivity contribution < 1.29 is 8.42 Å². The zero-order valence-electron chi connectivity index (χ0n) is 12.4. The normalized spacial score (nSPS) is 12.3. The highest BCUT2D eigenvalue weighted by Gasteiger charge is 2.28. The van der Waals surface area contributed by atoms with Gasteiger partial charge in [-0.05, 0) is 48.6 Å². The fourth-order valence-corrected chi connectivity index (χ4v) is 5.43. The maximum absolute atomic E-state index is 12.9. The van der Waals surface area contributed by atoms with Crippen LogP contribution in [-0.2, 0) is 10.0 Å². The first-order valence-electron chi connectivity index (χ1n) is 6.59. The lowest BCUT2D eigenvalue weighted by molar-refractivity contribution is 0.333. The van der Waals surface area contributed by atoms with Crippen LogP contribution in [0.25, 0.3) is 0 Å². The summed E-state index contributed by atoms with van der Waals surface area (Å²) >= 11 is 6.61. The number of sulfonamides is 1. The molecule has 1 aromatic rings. The summed E-state index contributed by atoms with van der Waals surface area (Å²) in [6, 6.07) is 3.30. The molecule has 21 heavy (non-hydrogen) atoms. The van der Waals surface area contributed by atoms with Crippen LogP contribution < -0.4 is 5.73 Å². The van der Waals surface area contributed by atoms with Gasteiger partial charge in [0.15, 0.2) is 0 Å². The summed E-state index contributed by atoms with van der Waals surface area (Å²) in [5, 5.41) is 0. The summed E-state index contributed by atoms with van der Waals surface area (Å²) in [4.78, 5) is 2.09. The molecule has 5 nitrogen and oxygen atoms in total. The maximum Gasteiger partial charge on any atom is 0.246 e. The van der Waals surface area contributed by atoms with E-state index in [0.717, 1.165) is 10.9 Å². The molecule has 120 valence electrons. The predicted octanol–water partition coefficient (Wildman–Crippen LogP) is 2.76. The monoisotopic (exact) mass is 441 g/mol. The number of halogens is 2. The number of nitrogens with zero attached hydrogens (tertiary/aromatic N) is 2. The van der Waals surface area contributed by atoms with Crippen LogP contribution in [0.1, 0.15) is 13.3 Å². The largest absolute Gasteiger partial charge is 0.398 e. The van der Waals surface area contributed by atoms with E-state index >= 15 is 0 Å². The fourth-order valence-electron chi connectivity index (χ4n) is 1.89. The van der Waals surface area contributed by atoms with Gasteiger partial charge in [0.25, 0.3) is 0 Å². The molecular weight excluding hydrogens is 422 g/mol. The van der Waals surface area contributed by atoms with Crippen LogP contribution in [0.2, 0.25) is 0 Å². The van der Waals surface area contributed by atoms with Gasteiger partial charge in [-0.15, -0.1) is 0 Å². The molecule has 0 radical (unpaired) electrons. The summed E-state index contributed by atoms with van der Waals surface area (Å²) in [7, 11) is 0.212. The second-order valence-electron chi connectivity index (χ2n) is 5.01. The third-order valence-corrected chi connectivity index (χ3v) is 6.27. The number of hydrogen-bond acceptors (Lipinski definition) is 4. The molecule has 0 aliphatic carbocycles. The van der Waals surface area contributed by atoms with Gasteiger partial charge < -0.3 is 10.6 Å². The number of hydrogen-bond donors (Lipinski definition) is 1. The Morgan fingerprint density at radius 3 is 2.24 bits per heavy atom. The van der Waals surface area contributed by atoms with E-state index in [1.165, 1.54) is 4.31 Å². The van der Waals surface area contributed by atoms with Crippen molar-refractivity contribution >= 4 is 47.6 Å². The summed E-state index contributed by atoms with van der Waals surface area (Å²) in [6.45, 7) is 3.52. The summed E-state index contributed by atoms with van der Waals surface area (Å²) in [5.41, 5.74) is 6.16. The average Bonchev–Trinajstić information content (AvgIpc) is 2.32. The quantitative estimate of drug-likeness (QED) is 0.659. The lowest BCUT2D eigenvalue weighted by Crippen LogP contribution is -2.37. The molecule has 1 rings (SSSR count). The van der Waals surface area contributed by atoms with Gasteiger partial charge in [-0.25, -0.2) is 8.42 Å². The first-order valence-corrected chi connectivity index (χ1v) is 9.62. The van der Waals surface area contributed by atoms with Crippen LogP contribution in [0.3, 0.4) is 0 Å². The SMILES string of the molecule is CCCN(CCN(C)C)S(=O)(=O)c1c(N)cc(Br)cc1Br. The molecule has 0 saturated carbocycles. The lowest BCUT2D eigenvalue weighted by Gasteiger charge is -2.24. The van der Waals surface area contributed by atoms with Crippen LogP contribution in [0, 0.1) is 0 Å². The second-order valence-corrected chi connectivity index (χ2v) is 8.66. The number of benzene rings is 1. The molecule has 0 aliphatic heterocycles. The van der Waals surface area contributed by atoms with Gasteiger partial charge in [-0.3, -0.25) is 0 Å². The topological polar surface area (TPSA) is 66.6 Å². The zero-order chi connectivity index (χ0) is 16.2. The van der Waals surface area contributed by atoms with E-state index < -0.39 is 10.0 Å². The van der Waals surface area contributed by atoms with Crippen LogP contribution in [0.15, 0.2) is 26.0 Å². The van der Waals surface area contributed by atoms with Crippen LogP contribution >= 0.6 is 31.9 Å². The number of likely N-dealkylation sites (N-methyl/N-ethyl adjacent to an activating group) is 1. The molecule has 1 aromatic carbocycles. The molecule has 0 aromatic heterocycles. The molecule has 0 saturated heterocycles. The Kier molecular flexibility index (Phi) is 7.12. The van der Waals surface area contributed by atoms with Gasteiger partial charge in [-0.1, -0.05) is 22.9 Å². The maximum atomic E-state index is 12.9. The molecule has 0 aliphatic rings. The lowest BCUT2D eigenvalue weighted by atomic mass is 10.3. The van der Waals surface area contributed by atoms with Crippen LogP contribution in [0.5, 0.6) is 0 Å². The Hall–Kier alpha value is -0.150. The number of anilines is 1. The molecule has 2 N–H and O–H groups in total. The minimum Gasteiger partial charge on any atom is -0.398 e. The molecule has 0 heterocycles. The molecule has 0 fully saturated rings. The Bertz CT molecular complexity index is 568. The van der Waals surface area contributed by atoms with Gasteiger partial charge in [0.1, 0.15) is 4.90 Å². The van der Waals surface area contributed by atoms with Gasteiger partial charge >= 0.3 is 0 Å². The summed E-state index contributed by atoms with van der Waals surface area (Å²) < 4.78 is 28.4. The second kappa shape index (κ2) is 7.92. The zero-order valence-corrected chi connectivity index (χ0v) is 16.4. The smallest absolute Gasteiger partial charge is 0.246 e. The highest BCUT2D eigenvalue weighted by atomic mass is 79.9. The van der Waals surface area contributed by atoms with E-state index in [0.29, 0.717) is 24.1 Å². The molecule has 0 atom stereocenters. The van der Waals surface area contributed by atoms with Crippen molar-refractivity contribution in [2.45, 2.75) is 18.2 Å². The van der Waals surface area contributed by atoms with Crippen molar-refractivity contribution in [3.05, 3.63) is 21.1 Å². The highest BCUT2D eigenvalue weighted by Crippen LogP contribution is 2.33. The van der Waals surface area contributed by atoms with E-state index in [-0.39, 0.29) is 10.6 Å². The van der Waals surface area contributed by atoms with E-state index in [4.69, 9.17) is 5.73 Å². The summed E-state index contributed by atoms with van der Waals surface area (Å²) in [6.07, 6.45) is 0.751. The van der Waals surface area contributed by atoms with Gasteiger partial charge in [-0.2, -0.15) is 4.31 Å². The van der Waals surface area contributed by atoms with Crippen molar-refractivity contribution in [2.24, 2.45) is 0 Å². The van der Waals surface area contributed by atoms with Gasteiger partial charge in [0.05, 0.1) is 5.69 Å². The Morgan fingerprint density at radius 2 is 1.76 bits per heavy atom. The molecular formula is C13H21Br2N3O2S. The van der Waals surface area contributed by atoms with Crippen molar-refractivity contribution in [1.82, 2.24) is 9.21 Å². The van der Waals surface area contributed by atoms with Gasteiger partial charge in [0, 0.05) is 28.6 Å². The first-order chi connectivity index (χ1) is 9.70. The van der Waals surface area contributed by atoms with Crippen LogP contribution in [0.4, 0.5) is 5.69 Å². The number of rotatable bonds is 7. The number of nitrogen functional groups attached to an aromatic ring is 1. The van der Waals surface area contributed by atoms with Crippen molar-refractivity contribution in [3.8, 4) is 0 Å². The van der Waals surface area contributed by atoms with Crippen molar-refractivity contribution in [1.29, 1.82) is 0 Å².